The number of tetrazole rings is 1. The lowest BCUT2D eigenvalue weighted by atomic mass is 10.2. The molecular weight excluding hydrogens is 211 g/mol. The molecule has 1 heterocycles. The summed E-state index contributed by atoms with van der Waals surface area (Å²) in [7, 11) is 0. The quantitative estimate of drug-likeness (QED) is 0.792. The first kappa shape index (κ1) is 8.47. The molecule has 0 aliphatic rings. The molecule has 0 aliphatic carbocycles. The summed E-state index contributed by atoms with van der Waals surface area (Å²) in [5.74, 6) is 0.499. The largest absolute Gasteiger partial charge is 0.204 e. The molecule has 0 saturated heterocycles. The molecule has 66 valence electrons. The number of hydrogen-bond acceptors (Lipinski definition) is 3. The Bertz CT molecular complexity index is 412. The number of benzene rings is 1. The fraction of sp³-hybridized carbons (Fsp3) is 0. The average Bonchev–Trinajstić information content (AvgIpc) is 2.62. The second kappa shape index (κ2) is 3.32. The van der Waals surface area contributed by atoms with Crippen molar-refractivity contribution in [1.82, 2.24) is 20.6 Å². The Balaban J connectivity index is 2.49. The molecule has 0 aliphatic heterocycles. The zero-order valence-electron chi connectivity index (χ0n) is 6.33. The van der Waals surface area contributed by atoms with Crippen molar-refractivity contribution in [3.63, 3.8) is 0 Å². The van der Waals surface area contributed by atoms with Crippen molar-refractivity contribution in [3.8, 4) is 11.4 Å². The smallest absolute Gasteiger partial charge is 0.177 e. The summed E-state index contributed by atoms with van der Waals surface area (Å²) < 4.78 is 0. The second-order valence-corrected chi connectivity index (χ2v) is 3.18. The maximum atomic E-state index is 5.81. The van der Waals surface area contributed by atoms with Crippen LogP contribution in [0.5, 0.6) is 0 Å². The van der Waals surface area contributed by atoms with E-state index in [2.05, 4.69) is 20.6 Å². The fourth-order valence-corrected chi connectivity index (χ4v) is 1.22. The fourth-order valence-electron chi connectivity index (χ4n) is 0.919. The number of rotatable bonds is 1. The van der Waals surface area contributed by atoms with Crippen LogP contribution in [0.2, 0.25) is 10.0 Å². The van der Waals surface area contributed by atoms with Crippen molar-refractivity contribution < 1.29 is 0 Å². The van der Waals surface area contributed by atoms with Gasteiger partial charge in [-0.3, -0.25) is 0 Å². The summed E-state index contributed by atoms with van der Waals surface area (Å²) in [6.45, 7) is 0. The molecule has 0 fully saturated rings. The van der Waals surface area contributed by atoms with Crippen LogP contribution in [0, 0.1) is 0 Å². The Kier molecular flexibility index (Phi) is 2.16. The van der Waals surface area contributed by atoms with Gasteiger partial charge in [0.2, 0.25) is 5.82 Å². The number of nitrogens with zero attached hydrogens (tertiary/aromatic N) is 3. The second-order valence-electron chi connectivity index (χ2n) is 2.36. The van der Waals surface area contributed by atoms with Gasteiger partial charge in [-0.05, 0) is 23.4 Å². The minimum absolute atomic E-state index is 0.476. The van der Waals surface area contributed by atoms with Crippen LogP contribution >= 0.6 is 23.2 Å². The van der Waals surface area contributed by atoms with E-state index >= 15 is 0 Å². The molecule has 4 nitrogen and oxygen atoms in total. The maximum Gasteiger partial charge on any atom is 0.204 e. The van der Waals surface area contributed by atoms with Gasteiger partial charge >= 0.3 is 0 Å². The minimum atomic E-state index is 0.476. The van der Waals surface area contributed by atoms with Crippen LogP contribution in [-0.2, 0) is 0 Å². The standard InChI is InChI=1S/C7H4Cl2N4/c8-5-2-1-4(3-6(5)9)7-10-12-13-11-7/h1-3H,(H,10,11,12,13). The number of halogens is 2. The maximum absolute atomic E-state index is 5.81. The highest BCUT2D eigenvalue weighted by atomic mass is 35.5. The van der Waals surface area contributed by atoms with Gasteiger partial charge in [0.1, 0.15) is 0 Å². The van der Waals surface area contributed by atoms with Crippen LogP contribution in [0.4, 0.5) is 0 Å². The molecule has 2 rings (SSSR count). The number of aromatic amines is 1. The molecule has 0 radical (unpaired) electrons. The summed E-state index contributed by atoms with van der Waals surface area (Å²) >= 11 is 11.6. The van der Waals surface area contributed by atoms with Gasteiger partial charge in [-0.25, -0.2) is 0 Å². The Morgan fingerprint density at radius 1 is 1.15 bits per heavy atom. The molecule has 6 heteroatoms. The van der Waals surface area contributed by atoms with E-state index in [-0.39, 0.29) is 0 Å². The third-order valence-corrected chi connectivity index (χ3v) is 2.26. The molecule has 0 unspecified atom stereocenters. The van der Waals surface area contributed by atoms with Crippen molar-refractivity contribution in [2.45, 2.75) is 0 Å². The molecule has 0 amide bonds. The van der Waals surface area contributed by atoms with Crippen LogP contribution in [0.1, 0.15) is 0 Å². The van der Waals surface area contributed by atoms with Gasteiger partial charge in [0.25, 0.3) is 0 Å². The third-order valence-electron chi connectivity index (χ3n) is 1.52. The van der Waals surface area contributed by atoms with Crippen molar-refractivity contribution in [1.29, 1.82) is 0 Å². The van der Waals surface area contributed by atoms with Crippen LogP contribution < -0.4 is 0 Å². The summed E-state index contributed by atoms with van der Waals surface area (Å²) in [5.41, 5.74) is 0.781. The Morgan fingerprint density at radius 3 is 2.62 bits per heavy atom. The van der Waals surface area contributed by atoms with Crippen molar-refractivity contribution >= 4 is 23.2 Å². The Labute approximate surface area is 83.9 Å². The Hall–Kier alpha value is -1.13. The first-order chi connectivity index (χ1) is 6.27. The first-order valence-corrected chi connectivity index (χ1v) is 4.22. The molecule has 0 bridgehead atoms. The zero-order chi connectivity index (χ0) is 9.26. The molecule has 1 aromatic heterocycles. The SMILES string of the molecule is Clc1ccc(-c2nn[nH]n2)cc1Cl. The molecule has 0 spiro atoms. The molecule has 0 saturated carbocycles. The predicted molar refractivity (Wildman–Crippen MR) is 49.6 cm³/mol. The topological polar surface area (TPSA) is 54.5 Å². The van der Waals surface area contributed by atoms with Gasteiger partial charge in [-0.15, -0.1) is 10.2 Å². The van der Waals surface area contributed by atoms with Crippen LogP contribution in [-0.4, -0.2) is 20.6 Å². The van der Waals surface area contributed by atoms with E-state index in [0.29, 0.717) is 15.9 Å². The lowest BCUT2D eigenvalue weighted by Crippen LogP contribution is -1.81. The van der Waals surface area contributed by atoms with E-state index in [1.54, 1.807) is 18.2 Å². The first-order valence-electron chi connectivity index (χ1n) is 3.46. The van der Waals surface area contributed by atoms with Crippen LogP contribution in [0.25, 0.3) is 11.4 Å². The molecule has 0 atom stereocenters. The monoisotopic (exact) mass is 214 g/mol. The van der Waals surface area contributed by atoms with Gasteiger partial charge in [0.15, 0.2) is 0 Å². The molecule has 13 heavy (non-hydrogen) atoms. The number of H-pyrrole nitrogens is 1. The van der Waals surface area contributed by atoms with E-state index in [4.69, 9.17) is 23.2 Å². The summed E-state index contributed by atoms with van der Waals surface area (Å²) in [5, 5.41) is 14.4. The molecular formula is C7H4Cl2N4. The normalized spacial score (nSPS) is 10.3. The third kappa shape index (κ3) is 1.64. The van der Waals surface area contributed by atoms with Crippen LogP contribution in [0.15, 0.2) is 18.2 Å². The van der Waals surface area contributed by atoms with Crippen molar-refractivity contribution in [2.75, 3.05) is 0 Å². The van der Waals surface area contributed by atoms with Gasteiger partial charge in [-0.2, -0.15) is 5.21 Å². The summed E-state index contributed by atoms with van der Waals surface area (Å²) in [4.78, 5) is 0. The van der Waals surface area contributed by atoms with Gasteiger partial charge in [0, 0.05) is 5.56 Å². The van der Waals surface area contributed by atoms with Gasteiger partial charge in [0.05, 0.1) is 10.0 Å². The van der Waals surface area contributed by atoms with Gasteiger partial charge in [-0.1, -0.05) is 23.2 Å². The highest BCUT2D eigenvalue weighted by Gasteiger charge is 2.04. The number of aromatic nitrogens is 4. The minimum Gasteiger partial charge on any atom is -0.177 e. The average molecular weight is 215 g/mol. The number of hydrogen-bond donors (Lipinski definition) is 1. The Morgan fingerprint density at radius 2 is 2.00 bits per heavy atom. The molecule has 1 N–H and O–H groups in total. The van der Waals surface area contributed by atoms with Crippen molar-refractivity contribution in [2.24, 2.45) is 0 Å². The van der Waals surface area contributed by atoms with E-state index in [0.717, 1.165) is 5.56 Å². The predicted octanol–water partition coefficient (Wildman–Crippen LogP) is 2.17. The highest BCUT2D eigenvalue weighted by Crippen LogP contribution is 2.26. The zero-order valence-corrected chi connectivity index (χ0v) is 7.84. The van der Waals surface area contributed by atoms with E-state index in [1.165, 1.54) is 0 Å². The van der Waals surface area contributed by atoms with E-state index < -0.39 is 0 Å². The highest BCUT2D eigenvalue weighted by molar-refractivity contribution is 6.42. The van der Waals surface area contributed by atoms with E-state index in [9.17, 15) is 0 Å². The lowest BCUT2D eigenvalue weighted by Gasteiger charge is -1.96. The molecule has 1 aromatic carbocycles. The number of nitrogens with one attached hydrogen (secondary N) is 1. The van der Waals surface area contributed by atoms with Gasteiger partial charge < -0.3 is 0 Å². The van der Waals surface area contributed by atoms with Crippen molar-refractivity contribution in [3.05, 3.63) is 28.2 Å². The van der Waals surface area contributed by atoms with Crippen LogP contribution in [0.3, 0.4) is 0 Å². The molecule has 2 aromatic rings. The summed E-state index contributed by atoms with van der Waals surface area (Å²) in [6.07, 6.45) is 0. The van der Waals surface area contributed by atoms with E-state index in [1.807, 2.05) is 0 Å². The summed E-state index contributed by atoms with van der Waals surface area (Å²) in [6, 6.07) is 5.16. The lowest BCUT2D eigenvalue weighted by molar-refractivity contribution is 0.881.